The topological polar surface area (TPSA) is 25.4 Å². The molecule has 94 valence electrons. The molecule has 1 aromatic heterocycles. The van der Waals surface area contributed by atoms with Crippen molar-refractivity contribution in [2.75, 3.05) is 26.3 Å². The summed E-state index contributed by atoms with van der Waals surface area (Å²) < 4.78 is 5.48. The van der Waals surface area contributed by atoms with E-state index in [1.807, 2.05) is 17.5 Å². The van der Waals surface area contributed by atoms with Gasteiger partial charge >= 0.3 is 0 Å². The molecule has 0 aliphatic carbocycles. The number of hydrogen-bond donors (Lipinski definition) is 0. The summed E-state index contributed by atoms with van der Waals surface area (Å²) in [6.45, 7) is 6.65. The standard InChI is InChI=1S/C13H20N2OS/c1-13(12-14-5-9-17-12)3-6-15(7-4-13)11-2-8-16-10-11/h5,9,11H,2-4,6-8,10H2,1H3. The van der Waals surface area contributed by atoms with Gasteiger partial charge in [0.2, 0.25) is 0 Å². The minimum absolute atomic E-state index is 0.310. The van der Waals surface area contributed by atoms with Gasteiger partial charge < -0.3 is 4.74 Å². The zero-order chi connectivity index (χ0) is 11.7. The van der Waals surface area contributed by atoms with Gasteiger partial charge in [0.1, 0.15) is 0 Å². The average Bonchev–Trinajstić information content (AvgIpc) is 3.04. The van der Waals surface area contributed by atoms with Crippen molar-refractivity contribution in [2.24, 2.45) is 0 Å². The van der Waals surface area contributed by atoms with Crippen LogP contribution < -0.4 is 0 Å². The zero-order valence-corrected chi connectivity index (χ0v) is 11.2. The fourth-order valence-corrected chi connectivity index (χ4v) is 3.79. The van der Waals surface area contributed by atoms with E-state index < -0.39 is 0 Å². The Morgan fingerprint density at radius 2 is 2.29 bits per heavy atom. The Balaban J connectivity index is 1.63. The Kier molecular flexibility index (Phi) is 3.19. The Morgan fingerprint density at radius 3 is 2.88 bits per heavy atom. The van der Waals surface area contributed by atoms with Crippen molar-refractivity contribution in [3.63, 3.8) is 0 Å². The number of piperidine rings is 1. The maximum absolute atomic E-state index is 5.48. The molecule has 4 heteroatoms. The first-order valence-corrected chi connectivity index (χ1v) is 7.38. The lowest BCUT2D eigenvalue weighted by molar-refractivity contribution is 0.102. The normalized spacial score (nSPS) is 29.6. The van der Waals surface area contributed by atoms with E-state index in [4.69, 9.17) is 4.74 Å². The summed E-state index contributed by atoms with van der Waals surface area (Å²) in [4.78, 5) is 7.12. The average molecular weight is 252 g/mol. The van der Waals surface area contributed by atoms with Crippen LogP contribution in [0.5, 0.6) is 0 Å². The van der Waals surface area contributed by atoms with Crippen molar-refractivity contribution >= 4 is 11.3 Å². The monoisotopic (exact) mass is 252 g/mol. The van der Waals surface area contributed by atoms with Crippen LogP contribution in [0.2, 0.25) is 0 Å². The van der Waals surface area contributed by atoms with Gasteiger partial charge in [0.05, 0.1) is 11.6 Å². The van der Waals surface area contributed by atoms with E-state index in [1.54, 1.807) is 0 Å². The number of rotatable bonds is 2. The third kappa shape index (κ3) is 2.26. The van der Waals surface area contributed by atoms with Gasteiger partial charge in [-0.1, -0.05) is 6.92 Å². The van der Waals surface area contributed by atoms with E-state index in [2.05, 4.69) is 22.2 Å². The van der Waals surface area contributed by atoms with E-state index >= 15 is 0 Å². The molecule has 3 nitrogen and oxygen atoms in total. The summed E-state index contributed by atoms with van der Waals surface area (Å²) in [5, 5.41) is 3.41. The number of nitrogens with zero attached hydrogens (tertiary/aromatic N) is 2. The highest BCUT2D eigenvalue weighted by atomic mass is 32.1. The van der Waals surface area contributed by atoms with E-state index in [0.717, 1.165) is 13.2 Å². The van der Waals surface area contributed by atoms with Crippen molar-refractivity contribution in [2.45, 2.75) is 37.6 Å². The van der Waals surface area contributed by atoms with Gasteiger partial charge in [0.25, 0.3) is 0 Å². The van der Waals surface area contributed by atoms with Gasteiger partial charge in [-0.2, -0.15) is 0 Å². The molecule has 0 spiro atoms. The van der Waals surface area contributed by atoms with Crippen LogP contribution in [-0.2, 0) is 10.2 Å². The van der Waals surface area contributed by atoms with E-state index in [9.17, 15) is 0 Å². The predicted octanol–water partition coefficient (Wildman–Crippen LogP) is 2.29. The highest BCUT2D eigenvalue weighted by Crippen LogP contribution is 2.37. The molecule has 2 aliphatic heterocycles. The third-order valence-electron chi connectivity index (χ3n) is 4.27. The molecular formula is C13H20N2OS. The first kappa shape index (κ1) is 11.6. The molecule has 0 amide bonds. The first-order chi connectivity index (χ1) is 8.28. The largest absolute Gasteiger partial charge is 0.380 e. The van der Waals surface area contributed by atoms with Gasteiger partial charge in [-0.25, -0.2) is 4.98 Å². The van der Waals surface area contributed by atoms with Crippen molar-refractivity contribution in [1.29, 1.82) is 0 Å². The highest BCUT2D eigenvalue weighted by molar-refractivity contribution is 7.09. The van der Waals surface area contributed by atoms with Crippen molar-refractivity contribution in [3.05, 3.63) is 16.6 Å². The lowest BCUT2D eigenvalue weighted by Crippen LogP contribution is -2.46. The molecule has 1 unspecified atom stereocenters. The molecule has 0 saturated carbocycles. The van der Waals surface area contributed by atoms with Crippen LogP contribution in [0.4, 0.5) is 0 Å². The molecule has 0 aromatic carbocycles. The number of ether oxygens (including phenoxy) is 1. The summed E-state index contributed by atoms with van der Waals surface area (Å²) in [5.41, 5.74) is 0.310. The van der Waals surface area contributed by atoms with Crippen molar-refractivity contribution in [1.82, 2.24) is 9.88 Å². The van der Waals surface area contributed by atoms with Crippen LogP contribution in [0.15, 0.2) is 11.6 Å². The molecule has 0 radical (unpaired) electrons. The molecule has 1 aromatic rings. The fraction of sp³-hybridized carbons (Fsp3) is 0.769. The Bertz CT molecular complexity index is 352. The second-order valence-corrected chi connectivity index (χ2v) is 6.35. The van der Waals surface area contributed by atoms with Crippen LogP contribution in [0, 0.1) is 0 Å². The maximum atomic E-state index is 5.48. The molecule has 3 rings (SSSR count). The molecule has 2 aliphatic rings. The quantitative estimate of drug-likeness (QED) is 0.807. The summed E-state index contributed by atoms with van der Waals surface area (Å²) in [7, 11) is 0. The zero-order valence-electron chi connectivity index (χ0n) is 10.4. The Labute approximate surface area is 107 Å². The molecular weight excluding hydrogens is 232 g/mol. The molecule has 2 saturated heterocycles. The van der Waals surface area contributed by atoms with E-state index in [0.29, 0.717) is 11.5 Å². The van der Waals surface area contributed by atoms with E-state index in [-0.39, 0.29) is 0 Å². The van der Waals surface area contributed by atoms with Gasteiger partial charge in [0, 0.05) is 29.6 Å². The minimum atomic E-state index is 0.310. The second kappa shape index (κ2) is 4.67. The van der Waals surface area contributed by atoms with Crippen LogP contribution in [0.3, 0.4) is 0 Å². The molecule has 0 N–H and O–H groups in total. The predicted molar refractivity (Wildman–Crippen MR) is 69.5 cm³/mol. The number of likely N-dealkylation sites (tertiary alicyclic amines) is 1. The molecule has 2 fully saturated rings. The van der Waals surface area contributed by atoms with Crippen LogP contribution in [0.25, 0.3) is 0 Å². The van der Waals surface area contributed by atoms with Crippen LogP contribution in [-0.4, -0.2) is 42.2 Å². The number of hydrogen-bond acceptors (Lipinski definition) is 4. The van der Waals surface area contributed by atoms with Crippen molar-refractivity contribution in [3.8, 4) is 0 Å². The van der Waals surface area contributed by atoms with Gasteiger partial charge in [-0.3, -0.25) is 4.90 Å². The smallest absolute Gasteiger partial charge is 0.0984 e. The first-order valence-electron chi connectivity index (χ1n) is 6.50. The van der Waals surface area contributed by atoms with E-state index in [1.165, 1.54) is 37.4 Å². The third-order valence-corrected chi connectivity index (χ3v) is 5.35. The van der Waals surface area contributed by atoms with Gasteiger partial charge in [-0.05, 0) is 32.4 Å². The molecule has 3 heterocycles. The van der Waals surface area contributed by atoms with Crippen molar-refractivity contribution < 1.29 is 4.74 Å². The SMILES string of the molecule is CC1(c2nccs2)CCN(C2CCOC2)CC1. The highest BCUT2D eigenvalue weighted by Gasteiger charge is 2.36. The molecule has 0 bridgehead atoms. The Hall–Kier alpha value is -0.450. The van der Waals surface area contributed by atoms with Crippen LogP contribution >= 0.6 is 11.3 Å². The summed E-state index contributed by atoms with van der Waals surface area (Å²) in [6.07, 6.45) is 5.62. The molecule has 1 atom stereocenters. The number of thiazole rings is 1. The summed E-state index contributed by atoms with van der Waals surface area (Å²) in [6, 6.07) is 0.677. The summed E-state index contributed by atoms with van der Waals surface area (Å²) in [5.74, 6) is 0. The Morgan fingerprint density at radius 1 is 1.47 bits per heavy atom. The van der Waals surface area contributed by atoms with Crippen LogP contribution in [0.1, 0.15) is 31.2 Å². The van der Waals surface area contributed by atoms with Gasteiger partial charge in [0.15, 0.2) is 0 Å². The lowest BCUT2D eigenvalue weighted by Gasteiger charge is -2.40. The van der Waals surface area contributed by atoms with Gasteiger partial charge in [-0.15, -0.1) is 11.3 Å². The fourth-order valence-electron chi connectivity index (χ4n) is 2.93. The number of aromatic nitrogens is 1. The summed E-state index contributed by atoms with van der Waals surface area (Å²) >= 11 is 1.81. The minimum Gasteiger partial charge on any atom is -0.380 e. The molecule has 17 heavy (non-hydrogen) atoms. The maximum Gasteiger partial charge on any atom is 0.0984 e. The second-order valence-electron chi connectivity index (χ2n) is 5.45. The lowest BCUT2D eigenvalue weighted by atomic mass is 9.80.